The monoisotopic (exact) mass is 428 g/mol. The zero-order chi connectivity index (χ0) is 21.3. The van der Waals surface area contributed by atoms with Crippen molar-refractivity contribution in [1.82, 2.24) is 4.90 Å². The maximum atomic E-state index is 13.2. The van der Waals surface area contributed by atoms with Crippen LogP contribution < -0.4 is 9.46 Å². The zero-order valence-corrected chi connectivity index (χ0v) is 18.2. The Morgan fingerprint density at radius 1 is 1.07 bits per heavy atom. The second-order valence-corrected chi connectivity index (χ2v) is 9.86. The average molecular weight is 429 g/mol. The molecule has 7 heteroatoms. The molecule has 0 radical (unpaired) electrons. The van der Waals surface area contributed by atoms with E-state index >= 15 is 0 Å². The van der Waals surface area contributed by atoms with Crippen LogP contribution in [0.4, 0.5) is 5.69 Å². The van der Waals surface area contributed by atoms with E-state index in [1.807, 2.05) is 4.90 Å². The van der Waals surface area contributed by atoms with Crippen molar-refractivity contribution in [3.63, 3.8) is 0 Å². The highest BCUT2D eigenvalue weighted by Gasteiger charge is 2.38. The van der Waals surface area contributed by atoms with Crippen LogP contribution in [0.2, 0.25) is 0 Å². The summed E-state index contributed by atoms with van der Waals surface area (Å²) in [5.74, 6) is 1.17. The first kappa shape index (κ1) is 20.7. The summed E-state index contributed by atoms with van der Waals surface area (Å²) < 4.78 is 33.8. The maximum Gasteiger partial charge on any atom is 0.262 e. The number of hydrogen-bond donors (Lipinski definition) is 1. The first-order valence-corrected chi connectivity index (χ1v) is 12.0. The summed E-state index contributed by atoms with van der Waals surface area (Å²) >= 11 is 0. The Kier molecular flexibility index (Phi) is 5.73. The van der Waals surface area contributed by atoms with E-state index in [0.29, 0.717) is 34.5 Å². The highest BCUT2D eigenvalue weighted by molar-refractivity contribution is 7.92. The van der Waals surface area contributed by atoms with E-state index in [0.717, 1.165) is 25.8 Å². The number of likely N-dealkylation sites (tertiary alicyclic amines) is 1. The average Bonchev–Trinajstić information content (AvgIpc) is 3.18. The number of anilines is 1. The summed E-state index contributed by atoms with van der Waals surface area (Å²) in [6.45, 7) is 2.50. The third-order valence-corrected chi connectivity index (χ3v) is 7.86. The smallest absolute Gasteiger partial charge is 0.262 e. The number of nitrogens with one attached hydrogen (secondary N) is 1. The standard InChI is InChI=1S/C23H28N2O4S/c1-16-7-8-18(23(26)25-14-13-17-5-3-4-6-21(17)25)15-22(16)30(27,28)24-19-9-11-20(29-2)12-10-19/h7-12,15,17,21,24H,3-6,13-14H2,1-2H3. The number of benzene rings is 2. The SMILES string of the molecule is COc1ccc(NS(=O)(=O)c2cc(C(=O)N3CCC4CCCCC43)ccc2C)cc1. The normalized spacial score (nSPS) is 21.2. The van der Waals surface area contributed by atoms with Gasteiger partial charge in [-0.15, -0.1) is 0 Å². The fourth-order valence-electron chi connectivity index (χ4n) is 4.72. The summed E-state index contributed by atoms with van der Waals surface area (Å²) in [6.07, 6.45) is 5.68. The van der Waals surface area contributed by atoms with E-state index in [2.05, 4.69) is 4.72 Å². The van der Waals surface area contributed by atoms with Crippen LogP contribution in [0.3, 0.4) is 0 Å². The van der Waals surface area contributed by atoms with Crippen molar-refractivity contribution < 1.29 is 17.9 Å². The fraction of sp³-hybridized carbons (Fsp3) is 0.435. The molecule has 1 heterocycles. The van der Waals surface area contributed by atoms with Gasteiger partial charge in [0.05, 0.1) is 12.0 Å². The second-order valence-electron chi connectivity index (χ2n) is 8.21. The van der Waals surface area contributed by atoms with Gasteiger partial charge in [0.15, 0.2) is 0 Å². The molecule has 2 fully saturated rings. The van der Waals surface area contributed by atoms with Crippen LogP contribution >= 0.6 is 0 Å². The minimum atomic E-state index is -3.83. The number of sulfonamides is 1. The number of aryl methyl sites for hydroxylation is 1. The van der Waals surface area contributed by atoms with Crippen molar-refractivity contribution >= 4 is 21.6 Å². The van der Waals surface area contributed by atoms with Gasteiger partial charge in [0, 0.05) is 23.8 Å². The van der Waals surface area contributed by atoms with E-state index in [1.54, 1.807) is 50.4 Å². The fourth-order valence-corrected chi connectivity index (χ4v) is 6.05. The maximum absolute atomic E-state index is 13.2. The summed E-state index contributed by atoms with van der Waals surface area (Å²) in [6, 6.07) is 11.9. The molecule has 2 aliphatic rings. The van der Waals surface area contributed by atoms with Gasteiger partial charge >= 0.3 is 0 Å². The number of methoxy groups -OCH3 is 1. The van der Waals surface area contributed by atoms with Gasteiger partial charge in [-0.1, -0.05) is 18.9 Å². The Labute approximate surface area is 178 Å². The number of amides is 1. The predicted octanol–water partition coefficient (Wildman–Crippen LogP) is 4.21. The summed E-state index contributed by atoms with van der Waals surface area (Å²) in [5, 5.41) is 0. The van der Waals surface area contributed by atoms with E-state index in [4.69, 9.17) is 4.74 Å². The number of carbonyl (C=O) groups excluding carboxylic acids is 1. The Morgan fingerprint density at radius 2 is 1.80 bits per heavy atom. The molecule has 1 saturated heterocycles. The Morgan fingerprint density at radius 3 is 2.53 bits per heavy atom. The molecular formula is C23H28N2O4S. The third-order valence-electron chi connectivity index (χ3n) is 6.34. The minimum absolute atomic E-state index is 0.0645. The predicted molar refractivity (Wildman–Crippen MR) is 116 cm³/mol. The van der Waals surface area contributed by atoms with Gasteiger partial charge < -0.3 is 9.64 Å². The molecule has 6 nitrogen and oxygen atoms in total. The van der Waals surface area contributed by atoms with Gasteiger partial charge in [0.25, 0.3) is 15.9 Å². The zero-order valence-electron chi connectivity index (χ0n) is 17.4. The number of ether oxygens (including phenoxy) is 1. The molecule has 1 saturated carbocycles. The molecule has 1 amide bonds. The topological polar surface area (TPSA) is 75.7 Å². The molecule has 0 bridgehead atoms. The Hall–Kier alpha value is -2.54. The van der Waals surface area contributed by atoms with Gasteiger partial charge in [0.2, 0.25) is 0 Å². The Bertz CT molecular complexity index is 1030. The van der Waals surface area contributed by atoms with E-state index in [-0.39, 0.29) is 10.8 Å². The number of carbonyl (C=O) groups is 1. The van der Waals surface area contributed by atoms with Crippen LogP contribution in [0, 0.1) is 12.8 Å². The molecule has 2 atom stereocenters. The summed E-state index contributed by atoms with van der Waals surface area (Å²) in [5.41, 5.74) is 1.47. The lowest BCUT2D eigenvalue weighted by Crippen LogP contribution is -2.39. The van der Waals surface area contributed by atoms with Crippen LogP contribution in [0.25, 0.3) is 0 Å². The number of hydrogen-bond acceptors (Lipinski definition) is 4. The molecule has 2 unspecified atom stereocenters. The lowest BCUT2D eigenvalue weighted by Gasteiger charge is -2.31. The van der Waals surface area contributed by atoms with Crippen molar-refractivity contribution in [3.05, 3.63) is 53.6 Å². The van der Waals surface area contributed by atoms with Crippen molar-refractivity contribution in [1.29, 1.82) is 0 Å². The van der Waals surface area contributed by atoms with Gasteiger partial charge in [-0.2, -0.15) is 0 Å². The molecule has 0 spiro atoms. The highest BCUT2D eigenvalue weighted by atomic mass is 32.2. The molecule has 2 aromatic carbocycles. The van der Waals surface area contributed by atoms with Gasteiger partial charge in [-0.05, 0) is 74.1 Å². The molecular weight excluding hydrogens is 400 g/mol. The van der Waals surface area contributed by atoms with Crippen LogP contribution in [0.1, 0.15) is 48.0 Å². The largest absolute Gasteiger partial charge is 0.497 e. The van der Waals surface area contributed by atoms with Crippen molar-refractivity contribution in [3.8, 4) is 5.75 Å². The van der Waals surface area contributed by atoms with Crippen molar-refractivity contribution in [2.75, 3.05) is 18.4 Å². The summed E-state index contributed by atoms with van der Waals surface area (Å²) in [7, 11) is -2.27. The van der Waals surface area contributed by atoms with Crippen molar-refractivity contribution in [2.24, 2.45) is 5.92 Å². The Balaban J connectivity index is 1.58. The first-order valence-electron chi connectivity index (χ1n) is 10.5. The molecule has 0 aromatic heterocycles. The van der Waals surface area contributed by atoms with E-state index in [1.165, 1.54) is 18.9 Å². The van der Waals surface area contributed by atoms with Crippen LogP contribution in [0.5, 0.6) is 5.75 Å². The van der Waals surface area contributed by atoms with Gasteiger partial charge in [-0.25, -0.2) is 8.42 Å². The van der Waals surface area contributed by atoms with Crippen LogP contribution in [0.15, 0.2) is 47.4 Å². The summed E-state index contributed by atoms with van der Waals surface area (Å²) in [4.78, 5) is 15.3. The lowest BCUT2D eigenvalue weighted by atomic mass is 9.85. The number of rotatable bonds is 5. The molecule has 30 heavy (non-hydrogen) atoms. The number of nitrogens with zero attached hydrogens (tertiary/aromatic N) is 1. The van der Waals surface area contributed by atoms with E-state index in [9.17, 15) is 13.2 Å². The number of fused-ring (bicyclic) bond motifs is 1. The third kappa shape index (κ3) is 4.03. The molecule has 2 aromatic rings. The van der Waals surface area contributed by atoms with E-state index < -0.39 is 10.0 Å². The van der Waals surface area contributed by atoms with Gasteiger partial charge in [0.1, 0.15) is 5.75 Å². The molecule has 4 rings (SSSR count). The molecule has 1 aliphatic heterocycles. The lowest BCUT2D eigenvalue weighted by molar-refractivity contribution is 0.0690. The van der Waals surface area contributed by atoms with Gasteiger partial charge in [-0.3, -0.25) is 9.52 Å². The quantitative estimate of drug-likeness (QED) is 0.774. The first-order chi connectivity index (χ1) is 14.4. The minimum Gasteiger partial charge on any atom is -0.497 e. The van der Waals surface area contributed by atoms with Crippen LogP contribution in [-0.2, 0) is 10.0 Å². The van der Waals surface area contributed by atoms with Crippen molar-refractivity contribution in [2.45, 2.75) is 50.0 Å². The molecule has 160 valence electrons. The molecule has 1 aliphatic carbocycles. The second kappa shape index (κ2) is 8.30. The highest BCUT2D eigenvalue weighted by Crippen LogP contribution is 2.37. The van der Waals surface area contributed by atoms with Crippen LogP contribution in [-0.4, -0.2) is 38.9 Å². The molecule has 1 N–H and O–H groups in total.